The lowest BCUT2D eigenvalue weighted by atomic mass is 9.42. The van der Waals surface area contributed by atoms with Crippen molar-refractivity contribution in [1.29, 1.82) is 0 Å². The van der Waals surface area contributed by atoms with E-state index >= 15 is 0 Å². The highest BCUT2D eigenvalue weighted by atomic mass is 16.4. The van der Waals surface area contributed by atoms with Crippen molar-refractivity contribution in [2.75, 3.05) is 0 Å². The molecular weight excluding hydrogens is 240 g/mol. The molecule has 4 bridgehead atoms. The summed E-state index contributed by atoms with van der Waals surface area (Å²) in [6.07, 6.45) is 8.63. The molecule has 3 heteroatoms. The Morgan fingerprint density at radius 2 is 1.58 bits per heavy atom. The van der Waals surface area contributed by atoms with Gasteiger partial charge in [-0.15, -0.1) is 0 Å². The maximum Gasteiger partial charge on any atom is 0.310 e. The van der Waals surface area contributed by atoms with E-state index in [0.29, 0.717) is 19.3 Å². The van der Waals surface area contributed by atoms with Crippen LogP contribution in [-0.4, -0.2) is 16.9 Å². The molecule has 5 rings (SSSR count). The molecule has 1 unspecified atom stereocenters. The van der Waals surface area contributed by atoms with Crippen LogP contribution < -0.4 is 0 Å². The van der Waals surface area contributed by atoms with Crippen LogP contribution in [0.1, 0.15) is 57.8 Å². The van der Waals surface area contributed by atoms with E-state index in [-0.39, 0.29) is 11.2 Å². The first kappa shape index (κ1) is 11.9. The van der Waals surface area contributed by atoms with Crippen LogP contribution in [0.5, 0.6) is 0 Å². The second-order valence-electron chi connectivity index (χ2n) is 7.80. The van der Waals surface area contributed by atoms with Gasteiger partial charge in [-0.1, -0.05) is 0 Å². The maximum atomic E-state index is 12.0. The van der Waals surface area contributed by atoms with Crippen molar-refractivity contribution < 1.29 is 14.7 Å². The van der Waals surface area contributed by atoms with Crippen molar-refractivity contribution in [2.24, 2.45) is 28.6 Å². The number of ketones is 1. The van der Waals surface area contributed by atoms with Gasteiger partial charge in [0.25, 0.3) is 0 Å². The molecule has 0 radical (unpaired) electrons. The predicted molar refractivity (Wildman–Crippen MR) is 69.5 cm³/mol. The number of carbonyl (C=O) groups is 2. The molecule has 0 saturated heterocycles. The largest absolute Gasteiger partial charge is 0.481 e. The normalized spacial score (nSPS) is 51.8. The third kappa shape index (κ3) is 1.45. The first-order chi connectivity index (χ1) is 9.03. The molecule has 5 fully saturated rings. The Morgan fingerprint density at radius 3 is 1.95 bits per heavy atom. The maximum absolute atomic E-state index is 12.0. The number of carboxylic acid groups (broad SMARTS) is 1. The topological polar surface area (TPSA) is 54.4 Å². The molecule has 0 heterocycles. The fourth-order valence-electron chi connectivity index (χ4n) is 6.42. The van der Waals surface area contributed by atoms with E-state index in [9.17, 15) is 14.7 Å². The van der Waals surface area contributed by atoms with Gasteiger partial charge >= 0.3 is 5.97 Å². The van der Waals surface area contributed by atoms with Crippen molar-refractivity contribution in [3.05, 3.63) is 0 Å². The van der Waals surface area contributed by atoms with Crippen molar-refractivity contribution in [2.45, 2.75) is 57.8 Å². The summed E-state index contributed by atoms with van der Waals surface area (Å²) < 4.78 is 0. The summed E-state index contributed by atoms with van der Waals surface area (Å²) in [6.45, 7) is 0. The summed E-state index contributed by atoms with van der Waals surface area (Å²) in [5, 5.41) is 9.89. The third-order valence-corrected chi connectivity index (χ3v) is 6.79. The van der Waals surface area contributed by atoms with Crippen LogP contribution in [0.4, 0.5) is 0 Å². The quantitative estimate of drug-likeness (QED) is 0.832. The van der Waals surface area contributed by atoms with E-state index in [2.05, 4.69) is 0 Å². The lowest BCUT2D eigenvalue weighted by molar-refractivity contribution is -0.179. The van der Waals surface area contributed by atoms with Gasteiger partial charge in [0.2, 0.25) is 0 Å². The number of rotatable bonds is 2. The Kier molecular flexibility index (Phi) is 2.27. The summed E-state index contributed by atoms with van der Waals surface area (Å²) in [7, 11) is 0. The van der Waals surface area contributed by atoms with E-state index in [4.69, 9.17) is 0 Å². The average Bonchev–Trinajstić information content (AvgIpc) is 2.71. The van der Waals surface area contributed by atoms with E-state index in [1.807, 2.05) is 0 Å². The monoisotopic (exact) mass is 262 g/mol. The SMILES string of the molecule is O=C1CCC(C(=O)O)(C23CC4CC(CC(C4)C2)C3)C1. The van der Waals surface area contributed by atoms with Gasteiger partial charge in [-0.3, -0.25) is 9.59 Å². The molecule has 104 valence electrons. The molecule has 3 nitrogen and oxygen atoms in total. The van der Waals surface area contributed by atoms with Gasteiger partial charge in [0.1, 0.15) is 5.78 Å². The highest BCUT2D eigenvalue weighted by Crippen LogP contribution is 2.69. The van der Waals surface area contributed by atoms with Crippen LogP contribution in [-0.2, 0) is 9.59 Å². The predicted octanol–water partition coefficient (Wildman–Crippen LogP) is 3.03. The fraction of sp³-hybridized carbons (Fsp3) is 0.875. The van der Waals surface area contributed by atoms with Gasteiger partial charge in [-0.25, -0.2) is 0 Å². The number of aliphatic carboxylic acids is 1. The van der Waals surface area contributed by atoms with Gasteiger partial charge in [0, 0.05) is 12.8 Å². The first-order valence-electron chi connectivity index (χ1n) is 7.78. The number of Topliss-reactive ketones (excluding diaryl/α,β-unsaturated/α-hetero) is 1. The van der Waals surface area contributed by atoms with Crippen molar-refractivity contribution in [3.8, 4) is 0 Å². The smallest absolute Gasteiger partial charge is 0.310 e. The van der Waals surface area contributed by atoms with Crippen LogP contribution in [0.25, 0.3) is 0 Å². The van der Waals surface area contributed by atoms with Crippen LogP contribution in [0.2, 0.25) is 0 Å². The van der Waals surface area contributed by atoms with Gasteiger partial charge in [-0.2, -0.15) is 0 Å². The minimum Gasteiger partial charge on any atom is -0.481 e. The molecule has 5 aliphatic carbocycles. The number of carboxylic acids is 1. The van der Waals surface area contributed by atoms with Gasteiger partial charge in [0.05, 0.1) is 5.41 Å². The van der Waals surface area contributed by atoms with Crippen LogP contribution in [0.15, 0.2) is 0 Å². The van der Waals surface area contributed by atoms with Gasteiger partial charge in [0.15, 0.2) is 0 Å². The lowest BCUT2D eigenvalue weighted by Crippen LogP contribution is -2.56. The summed E-state index contributed by atoms with van der Waals surface area (Å²) in [4.78, 5) is 23.8. The summed E-state index contributed by atoms with van der Waals surface area (Å²) in [5.74, 6) is 1.74. The highest BCUT2D eigenvalue weighted by molar-refractivity contribution is 5.90. The van der Waals surface area contributed by atoms with E-state index in [1.165, 1.54) is 19.3 Å². The summed E-state index contributed by atoms with van der Waals surface area (Å²) in [5.41, 5.74) is -0.750. The Morgan fingerprint density at radius 1 is 1.05 bits per heavy atom. The Hall–Kier alpha value is -0.860. The van der Waals surface area contributed by atoms with E-state index in [0.717, 1.165) is 37.0 Å². The molecule has 19 heavy (non-hydrogen) atoms. The molecule has 0 aromatic rings. The van der Waals surface area contributed by atoms with Crippen molar-refractivity contribution in [3.63, 3.8) is 0 Å². The molecule has 0 spiro atoms. The van der Waals surface area contributed by atoms with Gasteiger partial charge < -0.3 is 5.11 Å². The minimum absolute atomic E-state index is 0.0419. The van der Waals surface area contributed by atoms with Crippen molar-refractivity contribution in [1.82, 2.24) is 0 Å². The zero-order chi connectivity index (χ0) is 13.3. The number of hydrogen-bond acceptors (Lipinski definition) is 2. The molecule has 0 aromatic carbocycles. The second kappa shape index (κ2) is 3.62. The fourth-order valence-corrected chi connectivity index (χ4v) is 6.42. The lowest BCUT2D eigenvalue weighted by Gasteiger charge is -2.61. The van der Waals surface area contributed by atoms with Crippen LogP contribution >= 0.6 is 0 Å². The zero-order valence-corrected chi connectivity index (χ0v) is 11.4. The molecule has 5 aliphatic rings. The standard InChI is InChI=1S/C16H22O3/c17-13-1-2-16(9-13,14(18)19)15-6-10-3-11(7-15)5-12(4-10)8-15/h10-12H,1-9H2,(H,18,19). The number of hydrogen-bond donors (Lipinski definition) is 1. The molecular formula is C16H22O3. The Bertz CT molecular complexity index is 418. The second-order valence-corrected chi connectivity index (χ2v) is 7.80. The minimum atomic E-state index is -0.708. The van der Waals surface area contributed by atoms with Crippen LogP contribution in [0.3, 0.4) is 0 Å². The Balaban J connectivity index is 1.77. The molecule has 0 aromatic heterocycles. The Labute approximate surface area is 113 Å². The molecule has 1 atom stereocenters. The molecule has 5 saturated carbocycles. The van der Waals surface area contributed by atoms with E-state index in [1.54, 1.807) is 0 Å². The highest BCUT2D eigenvalue weighted by Gasteiger charge is 2.65. The third-order valence-electron chi connectivity index (χ3n) is 6.79. The molecule has 0 aliphatic heterocycles. The molecule has 0 amide bonds. The summed E-state index contributed by atoms with van der Waals surface area (Å²) >= 11 is 0. The van der Waals surface area contributed by atoms with Crippen molar-refractivity contribution >= 4 is 11.8 Å². The zero-order valence-electron chi connectivity index (χ0n) is 11.4. The molecule has 1 N–H and O–H groups in total. The van der Waals surface area contributed by atoms with Gasteiger partial charge in [-0.05, 0) is 68.1 Å². The van der Waals surface area contributed by atoms with Crippen LogP contribution in [0, 0.1) is 28.6 Å². The van der Waals surface area contributed by atoms with E-state index < -0.39 is 11.4 Å². The first-order valence-corrected chi connectivity index (χ1v) is 7.78. The number of carbonyl (C=O) groups excluding carboxylic acids is 1. The average molecular weight is 262 g/mol. The summed E-state index contributed by atoms with van der Waals surface area (Å²) in [6, 6.07) is 0.